The van der Waals surface area contributed by atoms with Gasteiger partial charge in [-0.1, -0.05) is 0 Å². The Morgan fingerprint density at radius 2 is 2.13 bits per heavy atom. The van der Waals surface area contributed by atoms with E-state index in [4.69, 9.17) is 4.42 Å². The smallest absolute Gasteiger partial charge is 0.234 e. The van der Waals surface area contributed by atoms with Crippen LogP contribution in [0.2, 0.25) is 0 Å². The Hall–Kier alpha value is -3.47. The van der Waals surface area contributed by atoms with Gasteiger partial charge in [-0.3, -0.25) is 15.0 Å². The topological polar surface area (TPSA) is 114 Å². The molecule has 11 nitrogen and oxygen atoms in total. The SMILES string of the molecule is CCNC(=NCCCN(C)C)Nc1nc2nn(C)cc2c2nc(-c3ccco3)nn12. The molecule has 0 amide bonds. The van der Waals surface area contributed by atoms with E-state index in [2.05, 4.69) is 54.8 Å². The Labute approximate surface area is 173 Å². The molecule has 0 saturated heterocycles. The average Bonchev–Trinajstić information content (AvgIpc) is 3.43. The zero-order valence-corrected chi connectivity index (χ0v) is 17.6. The van der Waals surface area contributed by atoms with Gasteiger partial charge < -0.3 is 14.6 Å². The number of hydrogen-bond acceptors (Lipinski definition) is 7. The van der Waals surface area contributed by atoms with Crippen LogP contribution in [0, 0.1) is 0 Å². The molecule has 0 aliphatic carbocycles. The van der Waals surface area contributed by atoms with Crippen molar-refractivity contribution in [2.75, 3.05) is 39.0 Å². The second-order valence-corrected chi connectivity index (χ2v) is 7.17. The standard InChI is InChI=1S/C19H26N10O/c1-5-20-18(21-9-7-10-27(2)3)24-19-23-15-13(12-28(4)25-15)17-22-16(26-29(17)19)14-8-6-11-30-14/h6,8,11-12H,5,7,9-10H2,1-4H3,(H2,20,21,23,24,25). The molecule has 0 aliphatic rings. The summed E-state index contributed by atoms with van der Waals surface area (Å²) in [5.74, 6) is 2.18. The molecule has 4 rings (SSSR count). The number of furan rings is 1. The van der Waals surface area contributed by atoms with Gasteiger partial charge in [-0.05, 0) is 46.1 Å². The molecule has 0 atom stereocenters. The molecule has 0 bridgehead atoms. The quantitative estimate of drug-likeness (QED) is 0.268. The first-order valence-electron chi connectivity index (χ1n) is 9.89. The Kier molecular flexibility index (Phi) is 5.61. The number of guanidine groups is 1. The molecule has 4 heterocycles. The summed E-state index contributed by atoms with van der Waals surface area (Å²) in [6.07, 6.45) is 4.43. The van der Waals surface area contributed by atoms with Gasteiger partial charge in [0.25, 0.3) is 0 Å². The van der Waals surface area contributed by atoms with Crippen LogP contribution in [0.4, 0.5) is 5.95 Å². The van der Waals surface area contributed by atoms with Crippen molar-refractivity contribution in [1.82, 2.24) is 39.6 Å². The lowest BCUT2D eigenvalue weighted by atomic mass is 10.4. The van der Waals surface area contributed by atoms with E-state index in [0.717, 1.165) is 24.9 Å². The van der Waals surface area contributed by atoms with Crippen LogP contribution in [-0.2, 0) is 7.05 Å². The summed E-state index contributed by atoms with van der Waals surface area (Å²) in [6.45, 7) is 4.41. The molecule has 2 N–H and O–H groups in total. The van der Waals surface area contributed by atoms with Gasteiger partial charge in [0.2, 0.25) is 11.8 Å². The number of aromatic nitrogens is 6. The number of nitrogens with one attached hydrogen (secondary N) is 2. The third-order valence-electron chi connectivity index (χ3n) is 4.42. The fourth-order valence-corrected chi connectivity index (χ4v) is 3.08. The molecule has 4 aromatic rings. The Morgan fingerprint density at radius 3 is 2.87 bits per heavy atom. The van der Waals surface area contributed by atoms with Crippen molar-refractivity contribution in [2.24, 2.45) is 12.0 Å². The minimum Gasteiger partial charge on any atom is -0.461 e. The summed E-state index contributed by atoms with van der Waals surface area (Å²) in [7, 11) is 5.96. The highest BCUT2D eigenvalue weighted by Crippen LogP contribution is 2.23. The van der Waals surface area contributed by atoms with E-state index in [1.54, 1.807) is 15.5 Å². The zero-order valence-electron chi connectivity index (χ0n) is 17.6. The van der Waals surface area contributed by atoms with E-state index in [9.17, 15) is 0 Å². The van der Waals surface area contributed by atoms with E-state index < -0.39 is 0 Å². The minimum absolute atomic E-state index is 0.480. The van der Waals surface area contributed by atoms with Crippen LogP contribution in [-0.4, -0.2) is 74.0 Å². The number of fused-ring (bicyclic) bond motifs is 3. The van der Waals surface area contributed by atoms with Gasteiger partial charge in [0.15, 0.2) is 23.0 Å². The maximum Gasteiger partial charge on any atom is 0.234 e. The molecular formula is C19H26N10O. The number of anilines is 1. The van der Waals surface area contributed by atoms with Gasteiger partial charge in [-0.25, -0.2) is 4.98 Å². The minimum atomic E-state index is 0.480. The highest BCUT2D eigenvalue weighted by molar-refractivity contribution is 5.95. The molecule has 11 heteroatoms. The van der Waals surface area contributed by atoms with Crippen molar-refractivity contribution < 1.29 is 4.42 Å². The zero-order chi connectivity index (χ0) is 21.1. The largest absolute Gasteiger partial charge is 0.461 e. The molecule has 4 aromatic heterocycles. The van der Waals surface area contributed by atoms with Gasteiger partial charge in [-0.2, -0.15) is 14.6 Å². The average molecular weight is 410 g/mol. The molecule has 0 radical (unpaired) electrons. The first-order chi connectivity index (χ1) is 14.5. The Morgan fingerprint density at radius 1 is 1.27 bits per heavy atom. The Balaban J connectivity index is 1.73. The highest BCUT2D eigenvalue weighted by atomic mass is 16.3. The molecule has 0 aromatic carbocycles. The summed E-state index contributed by atoms with van der Waals surface area (Å²) < 4.78 is 8.84. The van der Waals surface area contributed by atoms with Crippen molar-refractivity contribution in [3.05, 3.63) is 24.6 Å². The third-order valence-corrected chi connectivity index (χ3v) is 4.42. The summed E-state index contributed by atoms with van der Waals surface area (Å²) in [4.78, 5) is 16.1. The maximum absolute atomic E-state index is 5.47. The predicted molar refractivity (Wildman–Crippen MR) is 116 cm³/mol. The highest BCUT2D eigenvalue weighted by Gasteiger charge is 2.18. The van der Waals surface area contributed by atoms with E-state index >= 15 is 0 Å². The second-order valence-electron chi connectivity index (χ2n) is 7.17. The van der Waals surface area contributed by atoms with Crippen LogP contribution in [0.1, 0.15) is 13.3 Å². The van der Waals surface area contributed by atoms with Crippen LogP contribution < -0.4 is 10.6 Å². The lowest BCUT2D eigenvalue weighted by Crippen LogP contribution is -2.32. The molecule has 0 spiro atoms. The molecule has 0 unspecified atom stereocenters. The molecule has 0 aliphatic heterocycles. The number of aliphatic imine (C=N–C) groups is 1. The lowest BCUT2D eigenvalue weighted by Gasteiger charge is -2.12. The van der Waals surface area contributed by atoms with Crippen LogP contribution in [0.5, 0.6) is 0 Å². The first kappa shape index (κ1) is 19.8. The fraction of sp³-hybridized carbons (Fsp3) is 0.421. The lowest BCUT2D eigenvalue weighted by molar-refractivity contribution is 0.403. The van der Waals surface area contributed by atoms with Crippen LogP contribution >= 0.6 is 0 Å². The Bertz CT molecular complexity index is 1160. The van der Waals surface area contributed by atoms with E-state index in [0.29, 0.717) is 41.3 Å². The number of aryl methyl sites for hydroxylation is 1. The predicted octanol–water partition coefficient (Wildman–Crippen LogP) is 1.60. The van der Waals surface area contributed by atoms with E-state index in [1.807, 2.05) is 32.3 Å². The second kappa shape index (κ2) is 8.49. The maximum atomic E-state index is 5.47. The van der Waals surface area contributed by atoms with Crippen LogP contribution in [0.3, 0.4) is 0 Å². The van der Waals surface area contributed by atoms with Crippen LogP contribution in [0.25, 0.3) is 28.3 Å². The fourth-order valence-electron chi connectivity index (χ4n) is 3.08. The van der Waals surface area contributed by atoms with Crippen molar-refractivity contribution in [3.8, 4) is 11.6 Å². The van der Waals surface area contributed by atoms with Crippen molar-refractivity contribution in [1.29, 1.82) is 0 Å². The summed E-state index contributed by atoms with van der Waals surface area (Å²) in [5, 5.41) is 16.4. The number of nitrogens with zero attached hydrogens (tertiary/aromatic N) is 8. The summed E-state index contributed by atoms with van der Waals surface area (Å²) in [6, 6.07) is 3.63. The molecule has 0 fully saturated rings. The number of rotatable bonds is 7. The van der Waals surface area contributed by atoms with Crippen LogP contribution in [0.15, 0.2) is 34.0 Å². The monoisotopic (exact) mass is 410 g/mol. The van der Waals surface area contributed by atoms with Gasteiger partial charge in [0, 0.05) is 26.3 Å². The van der Waals surface area contributed by atoms with Gasteiger partial charge >= 0.3 is 0 Å². The number of hydrogen-bond donors (Lipinski definition) is 2. The van der Waals surface area contributed by atoms with Crippen molar-refractivity contribution >= 4 is 28.6 Å². The van der Waals surface area contributed by atoms with Crippen molar-refractivity contribution in [2.45, 2.75) is 13.3 Å². The normalized spacial score (nSPS) is 12.4. The van der Waals surface area contributed by atoms with Gasteiger partial charge in [-0.15, -0.1) is 5.10 Å². The summed E-state index contributed by atoms with van der Waals surface area (Å²) in [5.41, 5.74) is 1.22. The molecule has 158 valence electrons. The molecule has 0 saturated carbocycles. The van der Waals surface area contributed by atoms with Crippen molar-refractivity contribution in [3.63, 3.8) is 0 Å². The summed E-state index contributed by atoms with van der Waals surface area (Å²) >= 11 is 0. The van der Waals surface area contributed by atoms with Gasteiger partial charge in [0.1, 0.15) is 0 Å². The first-order valence-corrected chi connectivity index (χ1v) is 9.89. The molecular weight excluding hydrogens is 384 g/mol. The van der Waals surface area contributed by atoms with E-state index in [1.165, 1.54) is 0 Å². The van der Waals surface area contributed by atoms with Gasteiger partial charge in [0.05, 0.1) is 11.6 Å². The molecule has 30 heavy (non-hydrogen) atoms. The third kappa shape index (κ3) is 4.10. The van der Waals surface area contributed by atoms with E-state index in [-0.39, 0.29) is 0 Å².